The van der Waals surface area contributed by atoms with Crippen molar-refractivity contribution in [3.63, 3.8) is 0 Å². The third-order valence-corrected chi connectivity index (χ3v) is 3.67. The van der Waals surface area contributed by atoms with Gasteiger partial charge in [0.2, 0.25) is 5.39 Å². The smallest absolute Gasteiger partial charge is 0.385 e. The van der Waals surface area contributed by atoms with Crippen LogP contribution in [-0.2, 0) is 9.05 Å². The van der Waals surface area contributed by atoms with Gasteiger partial charge in [-0.2, -0.15) is 0 Å². The predicted octanol–water partition coefficient (Wildman–Crippen LogP) is 2.33. The molecule has 0 aliphatic heterocycles. The van der Waals surface area contributed by atoms with Gasteiger partial charge in [0.15, 0.2) is 4.98 Å². The van der Waals surface area contributed by atoms with Crippen LogP contribution in [0.15, 0.2) is 35.2 Å². The molecule has 2 aromatic carbocycles. The summed E-state index contributed by atoms with van der Waals surface area (Å²) in [6.07, 6.45) is 0. The van der Waals surface area contributed by atoms with E-state index in [0.717, 1.165) is 6.07 Å². The van der Waals surface area contributed by atoms with Gasteiger partial charge < -0.3 is 5.11 Å². The Morgan fingerprint density at radius 2 is 1.82 bits per heavy atom. The van der Waals surface area contributed by atoms with Crippen LogP contribution in [0.5, 0.6) is 5.75 Å². The van der Waals surface area contributed by atoms with Gasteiger partial charge in [-0.25, -0.2) is 8.42 Å². The molecule has 0 radical (unpaired) electrons. The summed E-state index contributed by atoms with van der Waals surface area (Å²) in [7, 11) is 1.22. The Morgan fingerprint density at radius 1 is 1.24 bits per heavy atom. The Balaban J connectivity index is 3.06. The van der Waals surface area contributed by atoms with Gasteiger partial charge in [0.25, 0.3) is 9.05 Å². The molecule has 0 aliphatic rings. The molecule has 17 heavy (non-hydrogen) atoms. The predicted molar refractivity (Wildman–Crippen MR) is 61.2 cm³/mol. The number of diazo groups is 1. The first-order valence-electron chi connectivity index (χ1n) is 4.47. The lowest BCUT2D eigenvalue weighted by molar-refractivity contribution is -0.267. The average Bonchev–Trinajstić information content (AvgIpc) is 2.27. The molecule has 0 aliphatic carbocycles. The van der Waals surface area contributed by atoms with E-state index in [2.05, 4.69) is 4.98 Å². The van der Waals surface area contributed by atoms with Crippen LogP contribution < -0.4 is 5.11 Å². The van der Waals surface area contributed by atoms with Crippen LogP contribution in [0.4, 0.5) is 5.69 Å². The Morgan fingerprint density at radius 3 is 2.35 bits per heavy atom. The minimum absolute atomic E-state index is 0.204. The number of halogens is 1. The molecule has 0 heterocycles. The lowest BCUT2D eigenvalue weighted by atomic mass is 10.1. The number of benzene rings is 2. The van der Waals surface area contributed by atoms with Crippen LogP contribution >= 0.6 is 10.7 Å². The van der Waals surface area contributed by atoms with E-state index < -0.39 is 14.8 Å². The minimum Gasteiger partial charge on any atom is -0.867 e. The summed E-state index contributed by atoms with van der Waals surface area (Å²) in [5.41, 5.74) is -0.204. The van der Waals surface area contributed by atoms with E-state index in [0.29, 0.717) is 0 Å². The Hall–Kier alpha value is -1.84. The Labute approximate surface area is 101 Å². The van der Waals surface area contributed by atoms with Crippen molar-refractivity contribution in [2.24, 2.45) is 0 Å². The standard InChI is InChI=1S/C10H5ClN2O3S/c11-17(15,16)9-5-8(14)10(13-12)7-4-2-1-3-6(7)9/h1-5H. The van der Waals surface area contributed by atoms with Gasteiger partial charge in [0.05, 0.1) is 10.3 Å². The van der Waals surface area contributed by atoms with Crippen molar-refractivity contribution in [1.82, 2.24) is 0 Å². The molecule has 2 rings (SSSR count). The lowest BCUT2D eigenvalue weighted by Crippen LogP contribution is -1.97. The first-order chi connectivity index (χ1) is 7.95. The number of hydrogen-bond acceptors (Lipinski definition) is 4. The van der Waals surface area contributed by atoms with E-state index in [-0.39, 0.29) is 21.4 Å². The van der Waals surface area contributed by atoms with Crippen molar-refractivity contribution in [2.45, 2.75) is 4.90 Å². The highest BCUT2D eigenvalue weighted by molar-refractivity contribution is 8.14. The molecule has 0 N–H and O–H groups in total. The Kier molecular flexibility index (Phi) is 2.65. The second kappa shape index (κ2) is 3.87. The second-order valence-corrected chi connectivity index (χ2v) is 5.84. The molecule has 0 fully saturated rings. The molecule has 0 spiro atoms. The molecule has 0 amide bonds. The van der Waals surface area contributed by atoms with Crippen LogP contribution in [0.2, 0.25) is 0 Å². The van der Waals surface area contributed by atoms with E-state index in [1.54, 1.807) is 12.1 Å². The number of hydrogen-bond donors (Lipinski definition) is 0. The molecule has 2 aromatic rings. The lowest BCUT2D eigenvalue weighted by Gasteiger charge is -2.07. The van der Waals surface area contributed by atoms with E-state index >= 15 is 0 Å². The van der Waals surface area contributed by atoms with Crippen molar-refractivity contribution in [3.8, 4) is 5.75 Å². The largest absolute Gasteiger partial charge is 0.867 e. The van der Waals surface area contributed by atoms with Gasteiger partial charge in [-0.15, -0.1) is 0 Å². The Bertz CT molecular complexity index is 750. The maximum atomic E-state index is 11.6. The summed E-state index contributed by atoms with van der Waals surface area (Å²) in [5.74, 6) is -0.703. The zero-order chi connectivity index (χ0) is 12.6. The molecule has 7 heteroatoms. The molecule has 5 nitrogen and oxygen atoms in total. The summed E-state index contributed by atoms with van der Waals surface area (Å²) in [4.78, 5) is 2.59. The monoisotopic (exact) mass is 268 g/mol. The fraction of sp³-hybridized carbons (Fsp3) is 0. The van der Waals surface area contributed by atoms with Crippen molar-refractivity contribution < 1.29 is 13.5 Å². The topological polar surface area (TPSA) is 85.3 Å². The molecule has 0 unspecified atom stereocenters. The SMILES string of the molecule is N#[N+]c1c([O-])cc(S(=O)(=O)Cl)c2ccccc12. The molecule has 0 atom stereocenters. The molecule has 0 aromatic heterocycles. The molecule has 86 valence electrons. The third-order valence-electron chi connectivity index (χ3n) is 2.31. The minimum atomic E-state index is -4.03. The number of nitrogens with zero attached hydrogens (tertiary/aromatic N) is 2. The van der Waals surface area contributed by atoms with E-state index in [1.807, 2.05) is 0 Å². The first kappa shape index (κ1) is 11.6. The van der Waals surface area contributed by atoms with E-state index in [4.69, 9.17) is 16.1 Å². The van der Waals surface area contributed by atoms with Crippen molar-refractivity contribution in [2.75, 3.05) is 0 Å². The van der Waals surface area contributed by atoms with Crippen molar-refractivity contribution in [1.29, 1.82) is 5.39 Å². The summed E-state index contributed by atoms with van der Waals surface area (Å²) >= 11 is 0. The van der Waals surface area contributed by atoms with E-state index in [9.17, 15) is 13.5 Å². The maximum absolute atomic E-state index is 11.6. The van der Waals surface area contributed by atoms with Gasteiger partial charge in [-0.3, -0.25) is 0 Å². The van der Waals surface area contributed by atoms with Crippen molar-refractivity contribution >= 4 is 36.2 Å². The van der Waals surface area contributed by atoms with Gasteiger partial charge in [-0.05, 0) is 17.9 Å². The number of fused-ring (bicyclic) bond motifs is 1. The number of rotatable bonds is 1. The molecular formula is C10H5ClN2O3S. The van der Waals surface area contributed by atoms with Gasteiger partial charge in [0.1, 0.15) is 0 Å². The molecular weight excluding hydrogens is 264 g/mol. The maximum Gasteiger partial charge on any atom is 0.385 e. The highest BCUT2D eigenvalue weighted by Crippen LogP contribution is 2.38. The van der Waals surface area contributed by atoms with Crippen LogP contribution in [-0.4, -0.2) is 8.42 Å². The quantitative estimate of drug-likeness (QED) is 0.587. The van der Waals surface area contributed by atoms with E-state index in [1.165, 1.54) is 12.1 Å². The highest BCUT2D eigenvalue weighted by atomic mass is 35.7. The zero-order valence-corrected chi connectivity index (χ0v) is 9.86. The fourth-order valence-electron chi connectivity index (χ4n) is 1.61. The highest BCUT2D eigenvalue weighted by Gasteiger charge is 2.21. The molecule has 0 saturated heterocycles. The molecule has 0 bridgehead atoms. The van der Waals surface area contributed by atoms with Crippen LogP contribution in [0.1, 0.15) is 0 Å². The summed E-state index contributed by atoms with van der Waals surface area (Å²) in [5, 5.41) is 20.8. The average molecular weight is 269 g/mol. The first-order valence-corrected chi connectivity index (χ1v) is 6.78. The third kappa shape index (κ3) is 1.90. The van der Waals surface area contributed by atoms with Gasteiger partial charge in [0, 0.05) is 16.1 Å². The summed E-state index contributed by atoms with van der Waals surface area (Å²) in [6.45, 7) is 0. The normalized spacial score (nSPS) is 11.3. The van der Waals surface area contributed by atoms with Crippen LogP contribution in [0, 0.1) is 5.39 Å². The van der Waals surface area contributed by atoms with Crippen molar-refractivity contribution in [3.05, 3.63) is 35.3 Å². The molecule has 0 saturated carbocycles. The van der Waals surface area contributed by atoms with Crippen LogP contribution in [0.3, 0.4) is 0 Å². The summed E-state index contributed by atoms with van der Waals surface area (Å²) in [6, 6.07) is 7.01. The van der Waals surface area contributed by atoms with Crippen LogP contribution in [0.25, 0.3) is 15.7 Å². The van der Waals surface area contributed by atoms with Gasteiger partial charge >= 0.3 is 5.69 Å². The summed E-state index contributed by atoms with van der Waals surface area (Å²) < 4.78 is 22.7. The fourth-order valence-corrected chi connectivity index (χ4v) is 2.68. The van der Waals surface area contributed by atoms with Gasteiger partial charge in [-0.1, -0.05) is 18.2 Å². The zero-order valence-electron chi connectivity index (χ0n) is 8.29. The second-order valence-electron chi connectivity index (χ2n) is 3.30.